The third-order valence-corrected chi connectivity index (χ3v) is 3.82. The molecule has 15 heavy (non-hydrogen) atoms. The Labute approximate surface area is 96.4 Å². The molecular weight excluding hydrogens is 212 g/mol. The highest BCUT2D eigenvalue weighted by Crippen LogP contribution is 2.21. The molecule has 0 aromatic heterocycles. The van der Waals surface area contributed by atoms with E-state index in [9.17, 15) is 4.79 Å². The van der Waals surface area contributed by atoms with Gasteiger partial charge in [-0.05, 0) is 38.8 Å². The van der Waals surface area contributed by atoms with Crippen LogP contribution < -0.4 is 0 Å². The Kier molecular flexibility index (Phi) is 3.87. The van der Waals surface area contributed by atoms with E-state index in [1.165, 1.54) is 25.9 Å². The average molecular weight is 231 g/mol. The number of piperidine rings is 1. The van der Waals surface area contributed by atoms with Crippen LogP contribution in [0.15, 0.2) is 0 Å². The Morgan fingerprint density at radius 2 is 1.73 bits per heavy atom. The molecule has 0 unspecified atom stereocenters. The molecule has 2 aliphatic heterocycles. The van der Waals surface area contributed by atoms with Gasteiger partial charge in [0.15, 0.2) is 0 Å². The molecule has 2 aliphatic rings. The number of likely N-dealkylation sites (tertiary alicyclic amines) is 2. The van der Waals surface area contributed by atoms with Crippen molar-refractivity contribution in [3.63, 3.8) is 0 Å². The third kappa shape index (κ3) is 2.64. The number of carbonyl (C=O) groups excluding carboxylic acids is 1. The van der Waals surface area contributed by atoms with Gasteiger partial charge in [0.25, 0.3) is 0 Å². The Morgan fingerprint density at radius 1 is 1.13 bits per heavy atom. The maximum atomic E-state index is 11.4. The summed E-state index contributed by atoms with van der Waals surface area (Å²) in [6.07, 6.45) is 4.95. The van der Waals surface area contributed by atoms with Crippen LogP contribution in [0.4, 0.5) is 0 Å². The van der Waals surface area contributed by atoms with E-state index >= 15 is 0 Å². The number of amides is 1. The highest BCUT2D eigenvalue weighted by Gasteiger charge is 2.27. The first-order chi connectivity index (χ1) is 7.31. The zero-order chi connectivity index (χ0) is 10.7. The second-order valence-electron chi connectivity index (χ2n) is 4.49. The minimum atomic E-state index is 0.0940. The minimum Gasteiger partial charge on any atom is -0.342 e. The predicted molar refractivity (Wildman–Crippen MR) is 61.1 cm³/mol. The van der Waals surface area contributed by atoms with Crippen molar-refractivity contribution in [2.75, 3.05) is 32.1 Å². The number of hydrogen-bond acceptors (Lipinski definition) is 2. The molecular formula is C11H19ClN2O. The Hall–Kier alpha value is -0.280. The maximum absolute atomic E-state index is 11.4. The maximum Gasteiger partial charge on any atom is 0.237 e. The van der Waals surface area contributed by atoms with Crippen LogP contribution in [0.2, 0.25) is 0 Å². The summed E-state index contributed by atoms with van der Waals surface area (Å²) >= 11 is 5.55. The topological polar surface area (TPSA) is 23.6 Å². The van der Waals surface area contributed by atoms with E-state index in [1.54, 1.807) is 0 Å². The van der Waals surface area contributed by atoms with Crippen LogP contribution in [-0.2, 0) is 4.79 Å². The molecule has 0 atom stereocenters. The van der Waals surface area contributed by atoms with Crippen LogP contribution in [0.25, 0.3) is 0 Å². The highest BCUT2D eigenvalue weighted by atomic mass is 35.5. The van der Waals surface area contributed by atoms with Crippen molar-refractivity contribution in [1.82, 2.24) is 9.80 Å². The summed E-state index contributed by atoms with van der Waals surface area (Å²) in [5.74, 6) is 0.227. The lowest BCUT2D eigenvalue weighted by Crippen LogP contribution is -2.46. The van der Waals surface area contributed by atoms with Gasteiger partial charge in [-0.2, -0.15) is 0 Å². The van der Waals surface area contributed by atoms with E-state index in [0.717, 1.165) is 25.9 Å². The monoisotopic (exact) mass is 230 g/mol. The van der Waals surface area contributed by atoms with Gasteiger partial charge in [-0.1, -0.05) is 0 Å². The summed E-state index contributed by atoms with van der Waals surface area (Å²) in [5.41, 5.74) is 0. The number of hydrogen-bond donors (Lipinski definition) is 0. The standard InChI is InChI=1S/C11H19ClN2O/c12-9-11(15)14-7-3-10(4-8-14)13-5-1-2-6-13/h10H,1-9H2. The molecule has 0 radical (unpaired) electrons. The largest absolute Gasteiger partial charge is 0.342 e. The first-order valence-electron chi connectivity index (χ1n) is 5.89. The fraction of sp³-hybridized carbons (Fsp3) is 0.909. The summed E-state index contributed by atoms with van der Waals surface area (Å²) in [5, 5.41) is 0. The van der Waals surface area contributed by atoms with Crippen molar-refractivity contribution in [3.05, 3.63) is 0 Å². The van der Waals surface area contributed by atoms with Crippen molar-refractivity contribution in [3.8, 4) is 0 Å². The van der Waals surface area contributed by atoms with Crippen LogP contribution in [0.3, 0.4) is 0 Å². The number of alkyl halides is 1. The van der Waals surface area contributed by atoms with Crippen LogP contribution in [-0.4, -0.2) is 53.8 Å². The average Bonchev–Trinajstić information content (AvgIpc) is 2.82. The van der Waals surface area contributed by atoms with Gasteiger partial charge in [-0.25, -0.2) is 0 Å². The summed E-state index contributed by atoms with van der Waals surface area (Å²) in [7, 11) is 0. The lowest BCUT2D eigenvalue weighted by Gasteiger charge is -2.36. The molecule has 2 saturated heterocycles. The van der Waals surface area contributed by atoms with Crippen molar-refractivity contribution in [2.24, 2.45) is 0 Å². The molecule has 2 rings (SSSR count). The van der Waals surface area contributed by atoms with Gasteiger partial charge in [0.1, 0.15) is 5.88 Å². The highest BCUT2D eigenvalue weighted by molar-refractivity contribution is 6.27. The smallest absolute Gasteiger partial charge is 0.237 e. The molecule has 0 aromatic rings. The fourth-order valence-electron chi connectivity index (χ4n) is 2.67. The van der Waals surface area contributed by atoms with E-state index in [2.05, 4.69) is 4.90 Å². The van der Waals surface area contributed by atoms with Crippen molar-refractivity contribution < 1.29 is 4.79 Å². The number of nitrogens with zero attached hydrogens (tertiary/aromatic N) is 2. The van der Waals surface area contributed by atoms with Crippen molar-refractivity contribution in [2.45, 2.75) is 31.7 Å². The zero-order valence-electron chi connectivity index (χ0n) is 9.12. The summed E-state index contributed by atoms with van der Waals surface area (Å²) < 4.78 is 0. The molecule has 0 saturated carbocycles. The summed E-state index contributed by atoms with van der Waals surface area (Å²) in [6, 6.07) is 0.715. The second-order valence-corrected chi connectivity index (χ2v) is 4.76. The minimum absolute atomic E-state index is 0.0940. The molecule has 1 amide bonds. The normalized spacial score (nSPS) is 24.7. The molecule has 0 aliphatic carbocycles. The van der Waals surface area contributed by atoms with E-state index in [-0.39, 0.29) is 11.8 Å². The lowest BCUT2D eigenvalue weighted by molar-refractivity contribution is -0.130. The van der Waals surface area contributed by atoms with Gasteiger partial charge in [0, 0.05) is 19.1 Å². The predicted octanol–water partition coefficient (Wildman–Crippen LogP) is 1.31. The van der Waals surface area contributed by atoms with Gasteiger partial charge in [0.2, 0.25) is 5.91 Å². The number of rotatable bonds is 2. The fourth-order valence-corrected chi connectivity index (χ4v) is 2.84. The molecule has 0 aromatic carbocycles. The summed E-state index contributed by atoms with van der Waals surface area (Å²) in [6.45, 7) is 4.31. The molecule has 0 spiro atoms. The number of halogens is 1. The molecule has 2 fully saturated rings. The number of carbonyl (C=O) groups is 1. The van der Waals surface area contributed by atoms with Crippen LogP contribution >= 0.6 is 11.6 Å². The quantitative estimate of drug-likeness (QED) is 0.668. The van der Waals surface area contributed by atoms with Gasteiger partial charge < -0.3 is 9.80 Å². The van der Waals surface area contributed by atoms with Gasteiger partial charge in [-0.3, -0.25) is 4.79 Å². The van der Waals surface area contributed by atoms with E-state index in [4.69, 9.17) is 11.6 Å². The van der Waals surface area contributed by atoms with Crippen molar-refractivity contribution in [1.29, 1.82) is 0 Å². The molecule has 0 N–H and O–H groups in total. The first kappa shape index (κ1) is 11.2. The summed E-state index contributed by atoms with van der Waals surface area (Å²) in [4.78, 5) is 15.9. The SMILES string of the molecule is O=C(CCl)N1CCC(N2CCCC2)CC1. The zero-order valence-corrected chi connectivity index (χ0v) is 9.88. The molecule has 2 heterocycles. The molecule has 3 nitrogen and oxygen atoms in total. The lowest BCUT2D eigenvalue weighted by atomic mass is 10.0. The van der Waals surface area contributed by atoms with Gasteiger partial charge in [0.05, 0.1) is 0 Å². The molecule has 86 valence electrons. The Bertz CT molecular complexity index is 221. The van der Waals surface area contributed by atoms with E-state index in [1.807, 2.05) is 4.90 Å². The first-order valence-corrected chi connectivity index (χ1v) is 6.42. The molecule has 0 bridgehead atoms. The Balaban J connectivity index is 1.78. The van der Waals surface area contributed by atoms with Gasteiger partial charge in [-0.15, -0.1) is 11.6 Å². The van der Waals surface area contributed by atoms with E-state index < -0.39 is 0 Å². The van der Waals surface area contributed by atoms with Crippen LogP contribution in [0.5, 0.6) is 0 Å². The van der Waals surface area contributed by atoms with E-state index in [0.29, 0.717) is 6.04 Å². The van der Waals surface area contributed by atoms with Crippen molar-refractivity contribution >= 4 is 17.5 Å². The van der Waals surface area contributed by atoms with Crippen LogP contribution in [0.1, 0.15) is 25.7 Å². The second kappa shape index (κ2) is 5.17. The molecule has 4 heteroatoms. The Morgan fingerprint density at radius 3 is 2.27 bits per heavy atom. The third-order valence-electron chi connectivity index (χ3n) is 3.59. The van der Waals surface area contributed by atoms with Gasteiger partial charge >= 0.3 is 0 Å². The van der Waals surface area contributed by atoms with Crippen LogP contribution in [0, 0.1) is 0 Å².